The maximum atomic E-state index is 2.43. The van der Waals surface area contributed by atoms with Gasteiger partial charge in [-0.15, -0.1) is 0 Å². The summed E-state index contributed by atoms with van der Waals surface area (Å²) in [5.41, 5.74) is 2.90. The van der Waals surface area contributed by atoms with Gasteiger partial charge in [-0.2, -0.15) is 0 Å². The molecule has 114 valence electrons. The summed E-state index contributed by atoms with van der Waals surface area (Å²) in [7, 11) is 0. The number of rotatable bonds is 10. The Balaban J connectivity index is 2.19. The van der Waals surface area contributed by atoms with Crippen LogP contribution in [0.3, 0.4) is 0 Å². The zero-order valence-corrected chi connectivity index (χ0v) is 14.1. The van der Waals surface area contributed by atoms with Crippen LogP contribution in [-0.2, 0) is 0 Å². The second-order valence-corrected chi connectivity index (χ2v) is 6.71. The van der Waals surface area contributed by atoms with Crippen molar-refractivity contribution in [2.24, 2.45) is 5.92 Å². The molecule has 0 saturated carbocycles. The molecule has 0 heterocycles. The molecule has 0 heteroatoms. The van der Waals surface area contributed by atoms with E-state index in [2.05, 4.69) is 52.0 Å². The minimum atomic E-state index is 0.699. The second kappa shape index (κ2) is 10.0. The standard InChI is InChI=1S/C20H34/c1-5-6-7-8-9-10-12-17(2)15-19(4)20-14-11-13-18(3)16-20/h11,13-14,16-17,19H,5-10,12,15H2,1-4H3. The van der Waals surface area contributed by atoms with E-state index in [4.69, 9.17) is 0 Å². The lowest BCUT2D eigenvalue weighted by Gasteiger charge is -2.18. The van der Waals surface area contributed by atoms with Gasteiger partial charge >= 0.3 is 0 Å². The number of hydrogen-bond donors (Lipinski definition) is 0. The van der Waals surface area contributed by atoms with E-state index >= 15 is 0 Å². The van der Waals surface area contributed by atoms with E-state index in [-0.39, 0.29) is 0 Å². The van der Waals surface area contributed by atoms with Crippen molar-refractivity contribution in [3.05, 3.63) is 35.4 Å². The molecule has 0 spiro atoms. The van der Waals surface area contributed by atoms with Gasteiger partial charge in [-0.3, -0.25) is 0 Å². The molecule has 0 bridgehead atoms. The summed E-state index contributed by atoms with van der Waals surface area (Å²) in [5, 5.41) is 0. The van der Waals surface area contributed by atoms with Gasteiger partial charge in [-0.05, 0) is 30.7 Å². The number of benzene rings is 1. The Bertz CT molecular complexity index is 353. The normalized spacial score (nSPS) is 14.2. The summed E-state index contributed by atoms with van der Waals surface area (Å²) in [6.45, 7) is 9.29. The lowest BCUT2D eigenvalue weighted by atomic mass is 9.88. The summed E-state index contributed by atoms with van der Waals surface area (Å²) in [4.78, 5) is 0. The highest BCUT2D eigenvalue weighted by molar-refractivity contribution is 5.24. The van der Waals surface area contributed by atoms with Crippen LogP contribution in [-0.4, -0.2) is 0 Å². The molecule has 0 aromatic heterocycles. The van der Waals surface area contributed by atoms with Gasteiger partial charge in [0.15, 0.2) is 0 Å². The topological polar surface area (TPSA) is 0 Å². The van der Waals surface area contributed by atoms with E-state index in [1.54, 1.807) is 0 Å². The zero-order chi connectivity index (χ0) is 14.8. The van der Waals surface area contributed by atoms with Crippen molar-refractivity contribution < 1.29 is 0 Å². The van der Waals surface area contributed by atoms with Crippen molar-refractivity contribution >= 4 is 0 Å². The highest BCUT2D eigenvalue weighted by Crippen LogP contribution is 2.26. The SMILES string of the molecule is CCCCCCCCC(C)CC(C)c1cccc(C)c1. The van der Waals surface area contributed by atoms with Crippen LogP contribution in [0.15, 0.2) is 24.3 Å². The summed E-state index contributed by atoms with van der Waals surface area (Å²) >= 11 is 0. The number of aryl methyl sites for hydroxylation is 1. The molecular formula is C20H34. The maximum absolute atomic E-state index is 2.43. The summed E-state index contributed by atoms with van der Waals surface area (Å²) in [6, 6.07) is 9.02. The Morgan fingerprint density at radius 1 is 0.950 bits per heavy atom. The maximum Gasteiger partial charge on any atom is -0.0188 e. The van der Waals surface area contributed by atoms with Crippen LogP contribution in [0.1, 0.15) is 89.2 Å². The molecule has 0 fully saturated rings. The van der Waals surface area contributed by atoms with Crippen LogP contribution in [0, 0.1) is 12.8 Å². The van der Waals surface area contributed by atoms with Crippen molar-refractivity contribution in [1.82, 2.24) is 0 Å². The van der Waals surface area contributed by atoms with Crippen LogP contribution in [0.5, 0.6) is 0 Å². The molecule has 2 atom stereocenters. The summed E-state index contributed by atoms with van der Waals surface area (Å²) < 4.78 is 0. The third kappa shape index (κ3) is 7.12. The van der Waals surface area contributed by atoms with Crippen LogP contribution in [0.25, 0.3) is 0 Å². The molecule has 1 aromatic carbocycles. The average molecular weight is 274 g/mol. The highest BCUT2D eigenvalue weighted by atomic mass is 14.2. The second-order valence-electron chi connectivity index (χ2n) is 6.71. The molecule has 1 aromatic rings. The van der Waals surface area contributed by atoms with Gasteiger partial charge in [0.2, 0.25) is 0 Å². The molecule has 0 radical (unpaired) electrons. The molecule has 0 amide bonds. The van der Waals surface area contributed by atoms with E-state index < -0.39 is 0 Å². The third-order valence-corrected chi connectivity index (χ3v) is 4.42. The van der Waals surface area contributed by atoms with Crippen LogP contribution in [0.2, 0.25) is 0 Å². The fourth-order valence-electron chi connectivity index (χ4n) is 3.11. The Hall–Kier alpha value is -0.780. The van der Waals surface area contributed by atoms with Gasteiger partial charge < -0.3 is 0 Å². The minimum absolute atomic E-state index is 0.699. The van der Waals surface area contributed by atoms with Crippen molar-refractivity contribution in [3.63, 3.8) is 0 Å². The Kier molecular flexibility index (Phi) is 8.65. The lowest BCUT2D eigenvalue weighted by molar-refractivity contribution is 0.428. The van der Waals surface area contributed by atoms with Crippen molar-refractivity contribution in [2.45, 2.75) is 85.0 Å². The Labute approximate surface area is 127 Å². The number of hydrogen-bond acceptors (Lipinski definition) is 0. The van der Waals surface area contributed by atoms with Crippen LogP contribution in [0.4, 0.5) is 0 Å². The van der Waals surface area contributed by atoms with Gasteiger partial charge in [0.05, 0.1) is 0 Å². The van der Waals surface area contributed by atoms with E-state index in [1.807, 2.05) is 0 Å². The van der Waals surface area contributed by atoms with E-state index in [1.165, 1.54) is 62.5 Å². The monoisotopic (exact) mass is 274 g/mol. The first-order valence-electron chi connectivity index (χ1n) is 8.70. The predicted molar refractivity (Wildman–Crippen MR) is 91.4 cm³/mol. The molecule has 0 N–H and O–H groups in total. The minimum Gasteiger partial charge on any atom is -0.0654 e. The molecule has 2 unspecified atom stereocenters. The molecular weight excluding hydrogens is 240 g/mol. The summed E-state index contributed by atoms with van der Waals surface area (Å²) in [5.74, 6) is 1.56. The quantitative estimate of drug-likeness (QED) is 0.408. The van der Waals surface area contributed by atoms with Crippen LogP contribution < -0.4 is 0 Å². The Morgan fingerprint density at radius 3 is 2.35 bits per heavy atom. The fraction of sp³-hybridized carbons (Fsp3) is 0.700. The van der Waals surface area contributed by atoms with Gasteiger partial charge in [0.25, 0.3) is 0 Å². The third-order valence-electron chi connectivity index (χ3n) is 4.42. The summed E-state index contributed by atoms with van der Waals surface area (Å²) in [6.07, 6.45) is 11.2. The Morgan fingerprint density at radius 2 is 1.65 bits per heavy atom. The van der Waals surface area contributed by atoms with Gasteiger partial charge in [-0.1, -0.05) is 95.5 Å². The van der Waals surface area contributed by atoms with Gasteiger partial charge in [-0.25, -0.2) is 0 Å². The first kappa shape index (κ1) is 17.3. The van der Waals surface area contributed by atoms with Crippen molar-refractivity contribution in [2.75, 3.05) is 0 Å². The molecule has 0 saturated heterocycles. The fourth-order valence-corrected chi connectivity index (χ4v) is 3.11. The highest BCUT2D eigenvalue weighted by Gasteiger charge is 2.10. The average Bonchev–Trinajstić information content (AvgIpc) is 2.42. The zero-order valence-electron chi connectivity index (χ0n) is 14.1. The van der Waals surface area contributed by atoms with E-state index in [9.17, 15) is 0 Å². The molecule has 20 heavy (non-hydrogen) atoms. The first-order chi connectivity index (χ1) is 9.63. The lowest BCUT2D eigenvalue weighted by Crippen LogP contribution is -2.02. The predicted octanol–water partition coefficient (Wildman–Crippen LogP) is 6.88. The molecule has 0 aliphatic heterocycles. The molecule has 1 rings (SSSR count). The largest absolute Gasteiger partial charge is 0.0654 e. The van der Waals surface area contributed by atoms with Gasteiger partial charge in [0, 0.05) is 0 Å². The van der Waals surface area contributed by atoms with E-state index in [0.29, 0.717) is 5.92 Å². The molecule has 0 aliphatic carbocycles. The molecule has 0 nitrogen and oxygen atoms in total. The van der Waals surface area contributed by atoms with Crippen molar-refractivity contribution in [1.29, 1.82) is 0 Å². The van der Waals surface area contributed by atoms with Gasteiger partial charge in [0.1, 0.15) is 0 Å². The van der Waals surface area contributed by atoms with Crippen LogP contribution >= 0.6 is 0 Å². The first-order valence-corrected chi connectivity index (χ1v) is 8.70. The molecule has 0 aliphatic rings. The number of unbranched alkanes of at least 4 members (excludes halogenated alkanes) is 5. The van der Waals surface area contributed by atoms with Crippen molar-refractivity contribution in [3.8, 4) is 0 Å². The smallest absolute Gasteiger partial charge is 0.0188 e. The van der Waals surface area contributed by atoms with E-state index in [0.717, 1.165) is 5.92 Å².